The van der Waals surface area contributed by atoms with Crippen LogP contribution in [-0.4, -0.2) is 19.0 Å². The molecule has 0 atom stereocenters. The van der Waals surface area contributed by atoms with E-state index < -0.39 is 5.97 Å². The van der Waals surface area contributed by atoms with E-state index >= 15 is 0 Å². The average Bonchev–Trinajstić information content (AvgIpc) is 2.90. The summed E-state index contributed by atoms with van der Waals surface area (Å²) in [5.41, 5.74) is 1.49. The average molecular weight is 393 g/mol. The molecule has 0 saturated heterocycles. The molecule has 1 aliphatic heterocycles. The number of carbonyl (C=O) groups is 1. The molecule has 0 saturated carbocycles. The van der Waals surface area contributed by atoms with Crippen molar-refractivity contribution in [3.63, 3.8) is 0 Å². The van der Waals surface area contributed by atoms with Crippen LogP contribution in [0.1, 0.15) is 11.1 Å². The lowest BCUT2D eigenvalue weighted by Crippen LogP contribution is -2.07. The minimum Gasteiger partial charge on any atom is -0.496 e. The number of methoxy groups -OCH3 is 1. The van der Waals surface area contributed by atoms with Crippen molar-refractivity contribution in [3.8, 4) is 5.75 Å². The van der Waals surface area contributed by atoms with Gasteiger partial charge in [-0.3, -0.25) is 0 Å². The zero-order chi connectivity index (χ0) is 16.4. The summed E-state index contributed by atoms with van der Waals surface area (Å²) in [4.78, 5) is 16.3. The Morgan fingerprint density at radius 2 is 2.04 bits per heavy atom. The van der Waals surface area contributed by atoms with Crippen molar-refractivity contribution >= 4 is 45.5 Å². The number of carbonyl (C=O) groups excluding carboxylic acids is 1. The molecule has 4 nitrogen and oxygen atoms in total. The first kappa shape index (κ1) is 15.8. The summed E-state index contributed by atoms with van der Waals surface area (Å²) in [6.45, 7) is 0. The minimum absolute atomic E-state index is 0.190. The van der Waals surface area contributed by atoms with Crippen molar-refractivity contribution in [1.82, 2.24) is 0 Å². The van der Waals surface area contributed by atoms with Gasteiger partial charge < -0.3 is 9.47 Å². The van der Waals surface area contributed by atoms with Crippen molar-refractivity contribution in [2.75, 3.05) is 7.11 Å². The van der Waals surface area contributed by atoms with Gasteiger partial charge in [-0.2, -0.15) is 0 Å². The normalized spacial score (nSPS) is 15.5. The molecule has 0 aromatic heterocycles. The van der Waals surface area contributed by atoms with E-state index in [9.17, 15) is 4.79 Å². The molecule has 0 amide bonds. The van der Waals surface area contributed by atoms with Gasteiger partial charge in [0.1, 0.15) is 5.75 Å². The van der Waals surface area contributed by atoms with Gasteiger partial charge in [0.2, 0.25) is 5.90 Å². The molecule has 0 spiro atoms. The smallest absolute Gasteiger partial charge is 0.363 e. The highest BCUT2D eigenvalue weighted by Crippen LogP contribution is 2.28. The molecule has 116 valence electrons. The highest BCUT2D eigenvalue weighted by molar-refractivity contribution is 9.10. The lowest BCUT2D eigenvalue weighted by Gasteiger charge is -2.07. The van der Waals surface area contributed by atoms with E-state index in [4.69, 9.17) is 21.1 Å². The first-order valence-corrected chi connectivity index (χ1v) is 7.86. The predicted molar refractivity (Wildman–Crippen MR) is 92.8 cm³/mol. The zero-order valence-corrected chi connectivity index (χ0v) is 14.4. The number of cyclic esters (lactones) is 1. The third kappa shape index (κ3) is 3.30. The summed E-state index contributed by atoms with van der Waals surface area (Å²) in [6.07, 6.45) is 1.60. The Hall–Kier alpha value is -2.11. The van der Waals surface area contributed by atoms with Gasteiger partial charge in [-0.1, -0.05) is 45.7 Å². The van der Waals surface area contributed by atoms with Crippen LogP contribution in [0, 0.1) is 0 Å². The molecule has 0 N–H and O–H groups in total. The van der Waals surface area contributed by atoms with Crippen LogP contribution in [0.4, 0.5) is 0 Å². The van der Waals surface area contributed by atoms with Gasteiger partial charge in [-0.05, 0) is 35.9 Å². The summed E-state index contributed by atoms with van der Waals surface area (Å²) >= 11 is 9.48. The van der Waals surface area contributed by atoms with Gasteiger partial charge in [0.25, 0.3) is 0 Å². The van der Waals surface area contributed by atoms with E-state index in [1.165, 1.54) is 0 Å². The summed E-state index contributed by atoms with van der Waals surface area (Å²) < 4.78 is 11.4. The molecule has 0 unspecified atom stereocenters. The number of rotatable bonds is 3. The topological polar surface area (TPSA) is 47.9 Å². The summed E-state index contributed by atoms with van der Waals surface area (Å²) in [5, 5.41) is 0.538. The summed E-state index contributed by atoms with van der Waals surface area (Å²) in [7, 11) is 1.55. The second kappa shape index (κ2) is 6.56. The molecule has 2 aromatic carbocycles. The minimum atomic E-state index is -0.526. The highest BCUT2D eigenvalue weighted by Gasteiger charge is 2.26. The van der Waals surface area contributed by atoms with Crippen LogP contribution < -0.4 is 4.74 Å². The first-order chi connectivity index (χ1) is 11.1. The Labute approximate surface area is 146 Å². The standard InChI is InChI=1S/C17H11BrClNO3/c1-22-15-7-6-11(18)9-12(15)16-20-14(17(21)23-16)8-10-4-2-3-5-13(10)19/h2-9H,1H3. The van der Waals surface area contributed by atoms with Crippen LogP contribution in [0.2, 0.25) is 5.02 Å². The Morgan fingerprint density at radius 1 is 1.26 bits per heavy atom. The Balaban J connectivity index is 2.03. The third-order valence-electron chi connectivity index (χ3n) is 3.21. The van der Waals surface area contributed by atoms with Crippen molar-refractivity contribution in [2.24, 2.45) is 4.99 Å². The van der Waals surface area contributed by atoms with Crippen molar-refractivity contribution in [1.29, 1.82) is 0 Å². The molecule has 0 bridgehead atoms. The van der Waals surface area contributed by atoms with Crippen LogP contribution in [-0.2, 0) is 9.53 Å². The fraction of sp³-hybridized carbons (Fsp3) is 0.0588. The molecule has 1 heterocycles. The van der Waals surface area contributed by atoms with E-state index in [2.05, 4.69) is 20.9 Å². The van der Waals surface area contributed by atoms with Gasteiger partial charge in [0.15, 0.2) is 5.70 Å². The molecule has 0 fully saturated rings. The van der Waals surface area contributed by atoms with E-state index in [1.54, 1.807) is 37.5 Å². The van der Waals surface area contributed by atoms with Gasteiger partial charge >= 0.3 is 5.97 Å². The number of nitrogens with zero attached hydrogens (tertiary/aromatic N) is 1. The van der Waals surface area contributed by atoms with E-state index in [0.717, 1.165) is 4.47 Å². The number of ether oxygens (including phenoxy) is 2. The fourth-order valence-corrected chi connectivity index (χ4v) is 2.66. The van der Waals surface area contributed by atoms with Crippen LogP contribution in [0.15, 0.2) is 57.6 Å². The number of hydrogen-bond donors (Lipinski definition) is 0. The van der Waals surface area contributed by atoms with Crippen molar-refractivity contribution in [3.05, 3.63) is 68.8 Å². The molecule has 0 aliphatic carbocycles. The van der Waals surface area contributed by atoms with E-state index in [-0.39, 0.29) is 11.6 Å². The van der Waals surface area contributed by atoms with Gasteiger partial charge in [-0.15, -0.1) is 0 Å². The largest absolute Gasteiger partial charge is 0.496 e. The lowest BCUT2D eigenvalue weighted by atomic mass is 10.2. The number of benzene rings is 2. The van der Waals surface area contributed by atoms with E-state index in [1.807, 2.05) is 18.2 Å². The second-order valence-corrected chi connectivity index (χ2v) is 6.03. The van der Waals surface area contributed by atoms with Crippen LogP contribution in [0.25, 0.3) is 6.08 Å². The number of esters is 1. The van der Waals surface area contributed by atoms with Crippen LogP contribution in [0.3, 0.4) is 0 Å². The highest BCUT2D eigenvalue weighted by atomic mass is 79.9. The molecule has 3 rings (SSSR count). The molecule has 6 heteroatoms. The molecule has 23 heavy (non-hydrogen) atoms. The zero-order valence-electron chi connectivity index (χ0n) is 12.0. The monoisotopic (exact) mass is 391 g/mol. The lowest BCUT2D eigenvalue weighted by molar-refractivity contribution is -0.129. The predicted octanol–water partition coefficient (Wildman–Crippen LogP) is 4.46. The van der Waals surface area contributed by atoms with Crippen LogP contribution in [0.5, 0.6) is 5.75 Å². The molecule has 0 radical (unpaired) electrons. The number of aliphatic imine (C=N–C) groups is 1. The summed E-state index contributed by atoms with van der Waals surface area (Å²) in [6, 6.07) is 12.6. The van der Waals surface area contributed by atoms with Gasteiger partial charge in [0.05, 0.1) is 12.7 Å². The van der Waals surface area contributed by atoms with Crippen LogP contribution >= 0.6 is 27.5 Å². The van der Waals surface area contributed by atoms with Crippen molar-refractivity contribution in [2.45, 2.75) is 0 Å². The number of halogens is 2. The molecule has 1 aliphatic rings. The number of hydrogen-bond acceptors (Lipinski definition) is 4. The summed E-state index contributed by atoms with van der Waals surface area (Å²) in [5.74, 6) is 0.243. The maximum Gasteiger partial charge on any atom is 0.363 e. The Morgan fingerprint density at radius 3 is 2.78 bits per heavy atom. The van der Waals surface area contributed by atoms with E-state index in [0.29, 0.717) is 21.9 Å². The second-order valence-electron chi connectivity index (χ2n) is 4.70. The third-order valence-corrected chi connectivity index (χ3v) is 4.05. The SMILES string of the molecule is COc1ccc(Br)cc1C1=NC(=Cc2ccccc2Cl)C(=O)O1. The Kier molecular flexibility index (Phi) is 4.50. The quantitative estimate of drug-likeness (QED) is 0.572. The maximum absolute atomic E-state index is 12.1. The molecular weight excluding hydrogens is 382 g/mol. The van der Waals surface area contributed by atoms with Gasteiger partial charge in [0, 0.05) is 9.50 Å². The fourth-order valence-electron chi connectivity index (χ4n) is 2.11. The molecular formula is C17H11BrClNO3. The van der Waals surface area contributed by atoms with Crippen molar-refractivity contribution < 1.29 is 14.3 Å². The van der Waals surface area contributed by atoms with Gasteiger partial charge in [-0.25, -0.2) is 9.79 Å². The first-order valence-electron chi connectivity index (χ1n) is 6.69. The maximum atomic E-state index is 12.1. The molecule has 2 aromatic rings. The Bertz CT molecular complexity index is 845.